The van der Waals surface area contributed by atoms with E-state index in [0.717, 1.165) is 72.2 Å². The van der Waals surface area contributed by atoms with E-state index >= 15 is 0 Å². The predicted molar refractivity (Wildman–Crippen MR) is 161 cm³/mol. The number of ether oxygens (including phenoxy) is 1. The molecule has 1 fully saturated rings. The van der Waals surface area contributed by atoms with Gasteiger partial charge in [0.25, 0.3) is 0 Å². The van der Waals surface area contributed by atoms with E-state index < -0.39 is 0 Å². The van der Waals surface area contributed by atoms with Crippen LogP contribution in [-0.2, 0) is 24.1 Å². The minimum Gasteiger partial charge on any atom is -0.378 e. The standard InChI is InChI=1S/C32H31FN8O/c33-26-6-2-1-4-22(26)21-41-29-7-3-5-25(29)30(39-41)27-20-28(36-23-8-12-34-13-9-23)31(40-16-18-42-19-17-40)32(38-27)37-24-10-14-35-15-11-24/h1-2,4,6,8-15,20H,3,5,7,16-19,21H2,(H2,34,35,36,37,38). The second-order valence-electron chi connectivity index (χ2n) is 10.4. The number of aromatic nitrogens is 5. The van der Waals surface area contributed by atoms with Crippen LogP contribution in [-0.4, -0.2) is 51.0 Å². The number of rotatable bonds is 8. The molecule has 5 heterocycles. The minimum absolute atomic E-state index is 0.220. The molecule has 9 nitrogen and oxygen atoms in total. The first-order valence-electron chi connectivity index (χ1n) is 14.3. The highest BCUT2D eigenvalue weighted by atomic mass is 19.1. The van der Waals surface area contributed by atoms with E-state index in [1.54, 1.807) is 30.9 Å². The van der Waals surface area contributed by atoms with Crippen molar-refractivity contribution >= 4 is 28.6 Å². The number of halogens is 1. The Bertz CT molecular complexity index is 1620. The molecular formula is C32H31FN8O. The predicted octanol–water partition coefficient (Wildman–Crippen LogP) is 5.74. The van der Waals surface area contributed by atoms with Gasteiger partial charge >= 0.3 is 0 Å². The molecule has 0 atom stereocenters. The fraction of sp³-hybridized carbons (Fsp3) is 0.250. The molecular weight excluding hydrogens is 531 g/mol. The number of benzene rings is 1. The number of pyridine rings is 3. The van der Waals surface area contributed by atoms with Crippen LogP contribution in [0.1, 0.15) is 23.2 Å². The third kappa shape index (κ3) is 5.28. The number of morpholine rings is 1. The van der Waals surface area contributed by atoms with Crippen LogP contribution in [0, 0.1) is 5.82 Å². The van der Waals surface area contributed by atoms with E-state index in [-0.39, 0.29) is 5.82 Å². The van der Waals surface area contributed by atoms with Crippen molar-refractivity contribution in [2.24, 2.45) is 0 Å². The van der Waals surface area contributed by atoms with Crippen LogP contribution in [0.3, 0.4) is 0 Å². The third-order valence-electron chi connectivity index (χ3n) is 7.75. The summed E-state index contributed by atoms with van der Waals surface area (Å²) in [6.07, 6.45) is 9.91. The summed E-state index contributed by atoms with van der Waals surface area (Å²) in [5, 5.41) is 12.2. The number of nitrogens with one attached hydrogen (secondary N) is 2. The van der Waals surface area contributed by atoms with E-state index in [1.807, 2.05) is 41.1 Å². The molecule has 0 bridgehead atoms. The molecule has 0 amide bonds. The first-order chi connectivity index (χ1) is 20.7. The second-order valence-corrected chi connectivity index (χ2v) is 10.4. The monoisotopic (exact) mass is 562 g/mol. The van der Waals surface area contributed by atoms with Crippen LogP contribution in [0.15, 0.2) is 79.4 Å². The van der Waals surface area contributed by atoms with Crippen LogP contribution in [0.4, 0.5) is 33.0 Å². The molecule has 42 heavy (non-hydrogen) atoms. The smallest absolute Gasteiger partial charge is 0.156 e. The van der Waals surface area contributed by atoms with Gasteiger partial charge in [0.2, 0.25) is 0 Å². The van der Waals surface area contributed by atoms with Gasteiger partial charge in [-0.1, -0.05) is 18.2 Å². The summed E-state index contributed by atoms with van der Waals surface area (Å²) in [4.78, 5) is 15.9. The van der Waals surface area contributed by atoms with Gasteiger partial charge in [-0.25, -0.2) is 9.37 Å². The van der Waals surface area contributed by atoms with Crippen molar-refractivity contribution in [3.8, 4) is 11.4 Å². The van der Waals surface area contributed by atoms with Gasteiger partial charge in [0.05, 0.1) is 31.1 Å². The Morgan fingerprint density at radius 3 is 2.31 bits per heavy atom. The summed E-state index contributed by atoms with van der Waals surface area (Å²) < 4.78 is 22.2. The molecule has 2 N–H and O–H groups in total. The van der Waals surface area contributed by atoms with Crippen LogP contribution in [0.2, 0.25) is 0 Å². The van der Waals surface area contributed by atoms with E-state index in [2.05, 4.69) is 31.6 Å². The summed E-state index contributed by atoms with van der Waals surface area (Å²) in [6.45, 7) is 3.14. The molecule has 0 unspecified atom stereocenters. The number of hydrogen-bond donors (Lipinski definition) is 2. The van der Waals surface area contributed by atoms with Crippen molar-refractivity contribution < 1.29 is 9.13 Å². The molecule has 1 aliphatic carbocycles. The zero-order valence-corrected chi connectivity index (χ0v) is 23.1. The Balaban J connectivity index is 1.38. The molecule has 1 saturated heterocycles. The molecule has 5 aromatic rings. The third-order valence-corrected chi connectivity index (χ3v) is 7.75. The number of fused-ring (bicyclic) bond motifs is 1. The zero-order chi connectivity index (χ0) is 28.3. The van der Waals surface area contributed by atoms with Gasteiger partial charge in [0.1, 0.15) is 17.2 Å². The van der Waals surface area contributed by atoms with E-state index in [4.69, 9.17) is 14.8 Å². The Hall–Kier alpha value is -4.83. The minimum atomic E-state index is -0.220. The molecule has 7 rings (SSSR count). The van der Waals surface area contributed by atoms with Crippen molar-refractivity contribution in [2.75, 3.05) is 41.8 Å². The normalized spacial score (nSPS) is 14.5. The van der Waals surface area contributed by atoms with Gasteiger partial charge in [-0.2, -0.15) is 5.10 Å². The Labute approximate surface area is 243 Å². The summed E-state index contributed by atoms with van der Waals surface area (Å²) in [6, 6.07) is 16.7. The number of hydrogen-bond acceptors (Lipinski definition) is 8. The maximum atomic E-state index is 14.6. The summed E-state index contributed by atoms with van der Waals surface area (Å²) >= 11 is 0. The topological polar surface area (TPSA) is 93.0 Å². The molecule has 212 valence electrons. The van der Waals surface area contributed by atoms with Crippen molar-refractivity contribution in [3.63, 3.8) is 0 Å². The van der Waals surface area contributed by atoms with Gasteiger partial charge < -0.3 is 20.3 Å². The lowest BCUT2D eigenvalue weighted by molar-refractivity contribution is 0.123. The van der Waals surface area contributed by atoms with Crippen LogP contribution in [0.5, 0.6) is 0 Å². The van der Waals surface area contributed by atoms with Crippen LogP contribution < -0.4 is 15.5 Å². The second kappa shape index (κ2) is 11.6. The van der Waals surface area contributed by atoms with E-state index in [9.17, 15) is 4.39 Å². The summed E-state index contributed by atoms with van der Waals surface area (Å²) in [5.41, 5.74) is 8.21. The average molecular weight is 563 g/mol. The van der Waals surface area contributed by atoms with Gasteiger partial charge in [0, 0.05) is 66.1 Å². The largest absolute Gasteiger partial charge is 0.378 e. The highest BCUT2D eigenvalue weighted by Crippen LogP contribution is 2.41. The lowest BCUT2D eigenvalue weighted by Gasteiger charge is -2.32. The average Bonchev–Trinajstić information content (AvgIpc) is 3.64. The maximum absolute atomic E-state index is 14.6. The Morgan fingerprint density at radius 2 is 1.57 bits per heavy atom. The quantitative estimate of drug-likeness (QED) is 0.248. The van der Waals surface area contributed by atoms with Crippen molar-refractivity contribution in [2.45, 2.75) is 25.8 Å². The Morgan fingerprint density at radius 1 is 0.857 bits per heavy atom. The van der Waals surface area contributed by atoms with Crippen molar-refractivity contribution in [1.29, 1.82) is 0 Å². The van der Waals surface area contributed by atoms with E-state index in [1.165, 1.54) is 11.6 Å². The van der Waals surface area contributed by atoms with Crippen molar-refractivity contribution in [3.05, 3.63) is 102 Å². The van der Waals surface area contributed by atoms with Gasteiger partial charge in [-0.3, -0.25) is 14.6 Å². The molecule has 0 saturated carbocycles. The van der Waals surface area contributed by atoms with Gasteiger partial charge in [0.15, 0.2) is 5.82 Å². The van der Waals surface area contributed by atoms with Crippen LogP contribution >= 0.6 is 0 Å². The van der Waals surface area contributed by atoms with Crippen molar-refractivity contribution in [1.82, 2.24) is 24.7 Å². The van der Waals surface area contributed by atoms with Gasteiger partial charge in [-0.05, 0) is 55.7 Å². The Kier molecular flexibility index (Phi) is 7.19. The molecule has 0 radical (unpaired) electrons. The highest BCUT2D eigenvalue weighted by molar-refractivity contribution is 5.89. The zero-order valence-electron chi connectivity index (χ0n) is 23.1. The fourth-order valence-electron chi connectivity index (χ4n) is 5.75. The molecule has 0 spiro atoms. The molecule has 10 heteroatoms. The lowest BCUT2D eigenvalue weighted by Crippen LogP contribution is -2.37. The summed E-state index contributed by atoms with van der Waals surface area (Å²) in [5.74, 6) is 0.495. The fourth-order valence-corrected chi connectivity index (χ4v) is 5.75. The summed E-state index contributed by atoms with van der Waals surface area (Å²) in [7, 11) is 0. The molecule has 1 aliphatic heterocycles. The first kappa shape index (κ1) is 26.1. The SMILES string of the molecule is Fc1ccccc1Cn1nc(-c2cc(Nc3ccncc3)c(N3CCOCC3)c(Nc3ccncc3)n2)c2c1CCC2. The first-order valence-corrected chi connectivity index (χ1v) is 14.3. The molecule has 4 aromatic heterocycles. The molecule has 2 aliphatic rings. The lowest BCUT2D eigenvalue weighted by atomic mass is 10.1. The van der Waals surface area contributed by atoms with Crippen LogP contribution in [0.25, 0.3) is 11.4 Å². The number of nitrogens with zero attached hydrogens (tertiary/aromatic N) is 6. The van der Waals surface area contributed by atoms with Gasteiger partial charge in [-0.15, -0.1) is 0 Å². The number of anilines is 5. The highest BCUT2D eigenvalue weighted by Gasteiger charge is 2.28. The molecule has 1 aromatic carbocycles. The van der Waals surface area contributed by atoms with E-state index in [0.29, 0.717) is 31.1 Å². The maximum Gasteiger partial charge on any atom is 0.156 e.